The van der Waals surface area contributed by atoms with Crippen molar-refractivity contribution < 1.29 is 4.74 Å². The fourth-order valence-electron chi connectivity index (χ4n) is 2.05. The quantitative estimate of drug-likeness (QED) is 0.939. The second kappa shape index (κ2) is 5.80. The number of hydrogen-bond acceptors (Lipinski definition) is 4. The second-order valence-electron chi connectivity index (χ2n) is 5.11. The molecule has 0 bridgehead atoms. The first-order valence-corrected chi connectivity index (χ1v) is 6.67. The monoisotopic (exact) mass is 283 g/mol. The number of aromatic amines is 1. The van der Waals surface area contributed by atoms with Crippen molar-refractivity contribution in [3.05, 3.63) is 45.5 Å². The van der Waals surface area contributed by atoms with Crippen LogP contribution in [0.15, 0.2) is 23.0 Å². The molecule has 2 aromatic rings. The van der Waals surface area contributed by atoms with Crippen LogP contribution in [0.3, 0.4) is 0 Å². The average molecular weight is 283 g/mol. The number of ether oxygens (including phenoxy) is 1. The molecule has 1 N–H and O–H groups in total. The summed E-state index contributed by atoms with van der Waals surface area (Å²) >= 11 is 0. The third-order valence-electron chi connectivity index (χ3n) is 3.30. The Kier molecular flexibility index (Phi) is 4.08. The van der Waals surface area contributed by atoms with Crippen LogP contribution in [0.5, 0.6) is 5.75 Å². The molecule has 21 heavy (non-hydrogen) atoms. The molecular weight excluding hydrogens is 266 g/mol. The lowest BCUT2D eigenvalue weighted by Crippen LogP contribution is -2.17. The summed E-state index contributed by atoms with van der Waals surface area (Å²) in [4.78, 5) is 19.4. The van der Waals surface area contributed by atoms with E-state index in [-0.39, 0.29) is 11.5 Å². The minimum atomic E-state index is -0.173. The van der Waals surface area contributed by atoms with Crippen LogP contribution in [0.4, 0.5) is 0 Å². The van der Waals surface area contributed by atoms with Crippen molar-refractivity contribution in [1.29, 1.82) is 5.26 Å². The van der Waals surface area contributed by atoms with E-state index in [1.165, 1.54) is 0 Å². The van der Waals surface area contributed by atoms with Gasteiger partial charge in [0.15, 0.2) is 0 Å². The van der Waals surface area contributed by atoms with Gasteiger partial charge in [-0.2, -0.15) is 5.26 Å². The van der Waals surface area contributed by atoms with Crippen LogP contribution in [0.25, 0.3) is 11.3 Å². The first-order valence-electron chi connectivity index (χ1n) is 6.67. The van der Waals surface area contributed by atoms with Gasteiger partial charge in [-0.25, -0.2) is 4.98 Å². The Balaban J connectivity index is 2.77. The van der Waals surface area contributed by atoms with Crippen molar-refractivity contribution in [2.75, 3.05) is 7.11 Å². The van der Waals surface area contributed by atoms with Crippen molar-refractivity contribution in [2.45, 2.75) is 26.7 Å². The van der Waals surface area contributed by atoms with Gasteiger partial charge in [-0.1, -0.05) is 13.8 Å². The Labute approximate surface area is 123 Å². The smallest absolute Gasteiger partial charge is 0.254 e. The highest BCUT2D eigenvalue weighted by Crippen LogP contribution is 2.31. The molecular formula is C16H17N3O2. The molecule has 5 heteroatoms. The lowest BCUT2D eigenvalue weighted by atomic mass is 10.0. The summed E-state index contributed by atoms with van der Waals surface area (Å²) < 4.78 is 5.33. The number of nitrogens with one attached hydrogen (secondary N) is 1. The molecule has 0 fully saturated rings. The molecule has 0 atom stereocenters. The number of aromatic nitrogens is 2. The second-order valence-corrected chi connectivity index (χ2v) is 5.11. The summed E-state index contributed by atoms with van der Waals surface area (Å²) in [5, 5.41) is 9.06. The molecule has 5 nitrogen and oxygen atoms in total. The van der Waals surface area contributed by atoms with E-state index < -0.39 is 0 Å². The normalized spacial score (nSPS) is 10.5. The third kappa shape index (κ3) is 2.79. The molecule has 0 saturated heterocycles. The van der Waals surface area contributed by atoms with Gasteiger partial charge in [0.05, 0.1) is 24.4 Å². The predicted molar refractivity (Wildman–Crippen MR) is 80.4 cm³/mol. The van der Waals surface area contributed by atoms with Crippen LogP contribution in [0, 0.1) is 18.3 Å². The maximum Gasteiger partial charge on any atom is 0.254 e. The highest BCUT2D eigenvalue weighted by Gasteiger charge is 2.16. The first kappa shape index (κ1) is 14.8. The molecule has 0 aliphatic carbocycles. The number of methoxy groups -OCH3 is 1. The van der Waals surface area contributed by atoms with E-state index in [0.717, 1.165) is 0 Å². The van der Waals surface area contributed by atoms with E-state index in [0.29, 0.717) is 34.0 Å². The minimum absolute atomic E-state index is 0.0993. The lowest BCUT2D eigenvalue weighted by molar-refractivity contribution is 0.416. The van der Waals surface area contributed by atoms with Crippen molar-refractivity contribution in [3.63, 3.8) is 0 Å². The van der Waals surface area contributed by atoms with Crippen LogP contribution in [0.2, 0.25) is 0 Å². The molecule has 1 heterocycles. The van der Waals surface area contributed by atoms with Crippen LogP contribution in [-0.4, -0.2) is 17.1 Å². The van der Waals surface area contributed by atoms with Crippen LogP contribution in [-0.2, 0) is 0 Å². The summed E-state index contributed by atoms with van der Waals surface area (Å²) in [6, 6.07) is 7.17. The predicted octanol–water partition coefficient (Wildman–Crippen LogP) is 2.75. The Bertz CT molecular complexity index is 770. The highest BCUT2D eigenvalue weighted by atomic mass is 16.5. The van der Waals surface area contributed by atoms with Crippen molar-refractivity contribution in [3.8, 4) is 23.1 Å². The van der Waals surface area contributed by atoms with Gasteiger partial charge in [0.1, 0.15) is 11.6 Å². The Morgan fingerprint density at radius 2 is 2.10 bits per heavy atom. The number of H-pyrrole nitrogens is 1. The van der Waals surface area contributed by atoms with Gasteiger partial charge >= 0.3 is 0 Å². The maximum absolute atomic E-state index is 12.1. The number of nitriles is 1. The number of hydrogen-bond donors (Lipinski definition) is 1. The number of benzene rings is 1. The van der Waals surface area contributed by atoms with Gasteiger partial charge < -0.3 is 9.72 Å². The van der Waals surface area contributed by atoms with Gasteiger partial charge in [0.25, 0.3) is 5.56 Å². The van der Waals surface area contributed by atoms with Gasteiger partial charge in [0.2, 0.25) is 0 Å². The van der Waals surface area contributed by atoms with Crippen molar-refractivity contribution in [2.24, 2.45) is 0 Å². The lowest BCUT2D eigenvalue weighted by Gasteiger charge is -2.13. The number of rotatable bonds is 3. The molecule has 2 rings (SSSR count). The zero-order valence-corrected chi connectivity index (χ0v) is 12.5. The minimum Gasteiger partial charge on any atom is -0.496 e. The summed E-state index contributed by atoms with van der Waals surface area (Å²) in [6.45, 7) is 5.63. The third-order valence-corrected chi connectivity index (χ3v) is 3.30. The Hall–Kier alpha value is -2.61. The van der Waals surface area contributed by atoms with E-state index in [1.54, 1.807) is 32.2 Å². The Morgan fingerprint density at radius 3 is 2.67 bits per heavy atom. The molecule has 1 aromatic heterocycles. The van der Waals surface area contributed by atoms with Crippen LogP contribution in [0.1, 0.15) is 36.7 Å². The molecule has 0 saturated carbocycles. The van der Waals surface area contributed by atoms with E-state index in [9.17, 15) is 4.79 Å². The standard InChI is InChI=1S/C16H17N3O2/c1-9(2)15-18-14(10(3)16(20)19-15)12-7-11(8-17)5-6-13(12)21-4/h5-7,9H,1-4H3,(H,18,19,20). The molecule has 0 unspecified atom stereocenters. The summed E-state index contributed by atoms with van der Waals surface area (Å²) in [6.07, 6.45) is 0. The van der Waals surface area contributed by atoms with Gasteiger partial charge in [-0.05, 0) is 25.1 Å². The van der Waals surface area contributed by atoms with Gasteiger partial charge in [0, 0.05) is 17.0 Å². The number of nitrogens with zero attached hydrogens (tertiary/aromatic N) is 2. The Morgan fingerprint density at radius 1 is 1.38 bits per heavy atom. The molecule has 0 spiro atoms. The molecule has 108 valence electrons. The average Bonchev–Trinajstić information content (AvgIpc) is 2.49. The SMILES string of the molecule is COc1ccc(C#N)cc1-c1nc(C(C)C)[nH]c(=O)c1C. The molecule has 0 aliphatic heterocycles. The van der Waals surface area contributed by atoms with Gasteiger partial charge in [-0.3, -0.25) is 4.79 Å². The molecule has 1 aromatic carbocycles. The fraction of sp³-hybridized carbons (Fsp3) is 0.312. The van der Waals surface area contributed by atoms with Crippen molar-refractivity contribution in [1.82, 2.24) is 9.97 Å². The fourth-order valence-corrected chi connectivity index (χ4v) is 2.05. The van der Waals surface area contributed by atoms with E-state index >= 15 is 0 Å². The van der Waals surface area contributed by atoms with Crippen LogP contribution >= 0.6 is 0 Å². The first-order chi connectivity index (χ1) is 9.97. The molecule has 0 aliphatic rings. The topological polar surface area (TPSA) is 78.8 Å². The van der Waals surface area contributed by atoms with Crippen LogP contribution < -0.4 is 10.3 Å². The molecule has 0 amide bonds. The zero-order chi connectivity index (χ0) is 15.6. The van der Waals surface area contributed by atoms with E-state index in [4.69, 9.17) is 10.00 Å². The molecule has 0 radical (unpaired) electrons. The zero-order valence-electron chi connectivity index (χ0n) is 12.5. The van der Waals surface area contributed by atoms with Gasteiger partial charge in [-0.15, -0.1) is 0 Å². The van der Waals surface area contributed by atoms with E-state index in [1.807, 2.05) is 13.8 Å². The van der Waals surface area contributed by atoms with E-state index in [2.05, 4.69) is 16.0 Å². The highest BCUT2D eigenvalue weighted by molar-refractivity contribution is 5.71. The summed E-state index contributed by atoms with van der Waals surface area (Å²) in [7, 11) is 1.55. The van der Waals surface area contributed by atoms with Crippen molar-refractivity contribution >= 4 is 0 Å². The largest absolute Gasteiger partial charge is 0.496 e. The summed E-state index contributed by atoms with van der Waals surface area (Å²) in [5.74, 6) is 1.30. The summed E-state index contributed by atoms with van der Waals surface area (Å²) in [5.41, 5.74) is 2.04. The maximum atomic E-state index is 12.1.